The maximum atomic E-state index is 13.4. The van der Waals surface area contributed by atoms with Gasteiger partial charge in [-0.15, -0.1) is 0 Å². The van der Waals surface area contributed by atoms with Crippen molar-refractivity contribution in [3.63, 3.8) is 0 Å². The number of hydrogen-bond acceptors (Lipinski definition) is 2. The Balaban J connectivity index is 2.91. The summed E-state index contributed by atoms with van der Waals surface area (Å²) in [6, 6.07) is 3.14. The number of benzene rings is 1. The van der Waals surface area contributed by atoms with Gasteiger partial charge >= 0.3 is 5.97 Å². The zero-order valence-corrected chi connectivity index (χ0v) is 10.00. The minimum absolute atomic E-state index is 0.0306. The molecule has 1 rings (SSSR count). The number of aliphatic carboxylic acids is 1. The van der Waals surface area contributed by atoms with Gasteiger partial charge in [0.2, 0.25) is 0 Å². The molecule has 0 spiro atoms. The quantitative estimate of drug-likeness (QED) is 0.881. The van der Waals surface area contributed by atoms with Crippen molar-refractivity contribution in [2.45, 2.75) is 25.9 Å². The highest BCUT2D eigenvalue weighted by molar-refractivity contribution is 5.77. The van der Waals surface area contributed by atoms with E-state index in [1.807, 2.05) is 0 Å². The van der Waals surface area contributed by atoms with Crippen molar-refractivity contribution in [1.29, 1.82) is 0 Å². The van der Waals surface area contributed by atoms with Gasteiger partial charge in [-0.25, -0.2) is 8.78 Å². The molecule has 3 nitrogen and oxygen atoms in total. The van der Waals surface area contributed by atoms with Crippen LogP contribution in [-0.2, 0) is 11.3 Å². The number of likely N-dealkylation sites (N-methyl/N-ethyl adjacent to an activating group) is 1. The van der Waals surface area contributed by atoms with E-state index >= 15 is 0 Å². The van der Waals surface area contributed by atoms with Gasteiger partial charge in [-0.1, -0.05) is 0 Å². The second-order valence-electron chi connectivity index (χ2n) is 4.46. The number of nitrogens with zero attached hydrogens (tertiary/aromatic N) is 1. The maximum absolute atomic E-state index is 13.4. The number of carbonyl (C=O) groups is 1. The van der Waals surface area contributed by atoms with Crippen molar-refractivity contribution >= 4 is 5.97 Å². The lowest BCUT2D eigenvalue weighted by Crippen LogP contribution is -2.47. The van der Waals surface area contributed by atoms with Crippen molar-refractivity contribution < 1.29 is 18.7 Å². The Morgan fingerprint density at radius 2 is 2.00 bits per heavy atom. The van der Waals surface area contributed by atoms with Crippen LogP contribution in [0.1, 0.15) is 19.4 Å². The SMILES string of the molecule is CN(Cc1cc(F)ccc1F)C(C)(C)C(=O)O. The van der Waals surface area contributed by atoms with Gasteiger partial charge in [-0.3, -0.25) is 9.69 Å². The highest BCUT2D eigenvalue weighted by Gasteiger charge is 2.32. The van der Waals surface area contributed by atoms with Crippen LogP contribution < -0.4 is 0 Å². The topological polar surface area (TPSA) is 40.5 Å². The van der Waals surface area contributed by atoms with Gasteiger partial charge in [-0.05, 0) is 39.1 Å². The van der Waals surface area contributed by atoms with Crippen LogP contribution in [0.15, 0.2) is 18.2 Å². The van der Waals surface area contributed by atoms with Crippen LogP contribution in [0, 0.1) is 11.6 Å². The zero-order chi connectivity index (χ0) is 13.2. The average molecular weight is 243 g/mol. The molecule has 0 fully saturated rings. The van der Waals surface area contributed by atoms with E-state index in [1.165, 1.54) is 18.7 Å². The summed E-state index contributed by atoms with van der Waals surface area (Å²) < 4.78 is 26.3. The van der Waals surface area contributed by atoms with Gasteiger partial charge in [0, 0.05) is 12.1 Å². The molecule has 1 N–H and O–H groups in total. The molecule has 0 aliphatic heterocycles. The fraction of sp³-hybridized carbons (Fsp3) is 0.417. The van der Waals surface area contributed by atoms with E-state index in [4.69, 9.17) is 5.11 Å². The minimum atomic E-state index is -1.14. The highest BCUT2D eigenvalue weighted by Crippen LogP contribution is 2.18. The molecule has 0 amide bonds. The van der Waals surface area contributed by atoms with Crippen LogP contribution in [-0.4, -0.2) is 28.6 Å². The second kappa shape index (κ2) is 4.79. The van der Waals surface area contributed by atoms with E-state index in [0.717, 1.165) is 18.2 Å². The summed E-state index contributed by atoms with van der Waals surface area (Å²) in [4.78, 5) is 12.4. The highest BCUT2D eigenvalue weighted by atomic mass is 19.1. The monoisotopic (exact) mass is 243 g/mol. The first kappa shape index (κ1) is 13.6. The molecule has 5 heteroatoms. The molecule has 1 aromatic carbocycles. The van der Waals surface area contributed by atoms with Crippen molar-refractivity contribution in [1.82, 2.24) is 4.90 Å². The molecule has 0 radical (unpaired) electrons. The molecule has 1 aromatic rings. The van der Waals surface area contributed by atoms with Gasteiger partial charge in [0.05, 0.1) is 0 Å². The fourth-order valence-corrected chi connectivity index (χ4v) is 1.28. The first-order valence-electron chi connectivity index (χ1n) is 5.13. The van der Waals surface area contributed by atoms with E-state index in [9.17, 15) is 13.6 Å². The number of carboxylic acid groups (broad SMARTS) is 1. The Morgan fingerprint density at radius 3 is 2.53 bits per heavy atom. The first-order valence-corrected chi connectivity index (χ1v) is 5.13. The molecule has 0 bridgehead atoms. The molecule has 0 aliphatic rings. The molecule has 0 unspecified atom stereocenters. The average Bonchev–Trinajstić information content (AvgIpc) is 2.23. The van der Waals surface area contributed by atoms with Crippen LogP contribution in [0.25, 0.3) is 0 Å². The number of halogens is 2. The smallest absolute Gasteiger partial charge is 0.323 e. The predicted octanol–water partition coefficient (Wildman–Crippen LogP) is 2.26. The molecule has 0 saturated heterocycles. The van der Waals surface area contributed by atoms with Crippen LogP contribution in [0.5, 0.6) is 0 Å². The summed E-state index contributed by atoms with van der Waals surface area (Å²) in [6.07, 6.45) is 0. The molecule has 0 heterocycles. The molecule has 0 saturated carbocycles. The molecule has 0 atom stereocenters. The summed E-state index contributed by atoms with van der Waals surface area (Å²) in [5.41, 5.74) is -1.000. The summed E-state index contributed by atoms with van der Waals surface area (Å²) >= 11 is 0. The van der Waals surface area contributed by atoms with Crippen LogP contribution in [0.2, 0.25) is 0 Å². The Kier molecular flexibility index (Phi) is 3.83. The molecular weight excluding hydrogens is 228 g/mol. The van der Waals surface area contributed by atoms with Gasteiger partial charge < -0.3 is 5.11 Å². The predicted molar refractivity (Wildman–Crippen MR) is 59.5 cm³/mol. The van der Waals surface area contributed by atoms with Crippen molar-refractivity contribution in [3.8, 4) is 0 Å². The largest absolute Gasteiger partial charge is 0.480 e. The van der Waals surface area contributed by atoms with E-state index in [2.05, 4.69) is 0 Å². The van der Waals surface area contributed by atoms with E-state index in [0.29, 0.717) is 0 Å². The standard InChI is InChI=1S/C12H15F2NO2/c1-12(2,11(16)17)15(3)7-8-6-9(13)4-5-10(8)14/h4-6H,7H2,1-3H3,(H,16,17). The molecule has 0 aromatic heterocycles. The Hall–Kier alpha value is -1.49. The Bertz CT molecular complexity index is 433. The van der Waals surface area contributed by atoms with Crippen molar-refractivity contribution in [2.75, 3.05) is 7.05 Å². The normalized spacial score (nSPS) is 11.9. The zero-order valence-electron chi connectivity index (χ0n) is 10.00. The van der Waals surface area contributed by atoms with Crippen LogP contribution in [0.3, 0.4) is 0 Å². The maximum Gasteiger partial charge on any atom is 0.323 e. The second-order valence-corrected chi connectivity index (χ2v) is 4.46. The van der Waals surface area contributed by atoms with Gasteiger partial charge in [0.1, 0.15) is 17.2 Å². The summed E-state index contributed by atoms with van der Waals surface area (Å²) in [5.74, 6) is -2.10. The van der Waals surface area contributed by atoms with Crippen LogP contribution in [0.4, 0.5) is 8.78 Å². The van der Waals surface area contributed by atoms with Crippen LogP contribution >= 0.6 is 0 Å². The Labute approximate surface area is 98.7 Å². The van der Waals surface area contributed by atoms with E-state index in [-0.39, 0.29) is 12.1 Å². The molecule has 0 aliphatic carbocycles. The number of rotatable bonds is 4. The molecular formula is C12H15F2NO2. The van der Waals surface area contributed by atoms with E-state index in [1.54, 1.807) is 7.05 Å². The van der Waals surface area contributed by atoms with Gasteiger partial charge in [-0.2, -0.15) is 0 Å². The lowest BCUT2D eigenvalue weighted by molar-refractivity contribution is -0.148. The summed E-state index contributed by atoms with van der Waals surface area (Å²) in [5, 5.41) is 9.00. The third-order valence-corrected chi connectivity index (χ3v) is 2.89. The Morgan fingerprint density at radius 1 is 1.41 bits per heavy atom. The van der Waals surface area contributed by atoms with Crippen molar-refractivity contribution in [2.24, 2.45) is 0 Å². The lowest BCUT2D eigenvalue weighted by atomic mass is 10.0. The third-order valence-electron chi connectivity index (χ3n) is 2.89. The van der Waals surface area contributed by atoms with Gasteiger partial charge in [0.15, 0.2) is 0 Å². The number of carboxylic acids is 1. The first-order chi connectivity index (χ1) is 7.75. The summed E-state index contributed by atoms with van der Waals surface area (Å²) in [6.45, 7) is 3.04. The third kappa shape index (κ3) is 3.00. The molecule has 17 heavy (non-hydrogen) atoms. The van der Waals surface area contributed by atoms with Crippen molar-refractivity contribution in [3.05, 3.63) is 35.4 Å². The minimum Gasteiger partial charge on any atom is -0.480 e. The fourth-order valence-electron chi connectivity index (χ4n) is 1.28. The number of hydrogen-bond donors (Lipinski definition) is 1. The molecule has 94 valence electrons. The lowest BCUT2D eigenvalue weighted by Gasteiger charge is -2.31. The van der Waals surface area contributed by atoms with E-state index < -0.39 is 23.1 Å². The van der Waals surface area contributed by atoms with Gasteiger partial charge in [0.25, 0.3) is 0 Å². The summed E-state index contributed by atoms with van der Waals surface area (Å²) in [7, 11) is 1.55.